The van der Waals surface area contributed by atoms with Crippen LogP contribution in [-0.2, 0) is 13.1 Å². The zero-order chi connectivity index (χ0) is 21.3. The number of guanidine groups is 1. The number of nitrogens with zero attached hydrogens (tertiary/aromatic N) is 2. The molecule has 0 aromatic heterocycles. The Labute approximate surface area is 202 Å². The summed E-state index contributed by atoms with van der Waals surface area (Å²) in [5.41, 5.74) is 3.61. The molecule has 3 rings (SSSR count). The minimum atomic E-state index is -0.333. The number of benzene rings is 2. The lowest BCUT2D eigenvalue weighted by molar-refractivity contribution is 0.198. The third kappa shape index (κ3) is 7.64. The van der Waals surface area contributed by atoms with Gasteiger partial charge in [-0.05, 0) is 55.5 Å². The van der Waals surface area contributed by atoms with Crippen molar-refractivity contribution in [1.29, 1.82) is 0 Å². The van der Waals surface area contributed by atoms with Crippen LogP contribution in [0.5, 0.6) is 5.75 Å². The first-order valence-electron chi connectivity index (χ1n) is 10.7. The van der Waals surface area contributed by atoms with Gasteiger partial charge in [0.1, 0.15) is 0 Å². The van der Waals surface area contributed by atoms with E-state index in [1.54, 1.807) is 13.1 Å². The van der Waals surface area contributed by atoms with Crippen LogP contribution in [0.15, 0.2) is 47.5 Å². The highest BCUT2D eigenvalue weighted by Gasteiger charge is 2.20. The predicted octanol–water partition coefficient (Wildman–Crippen LogP) is 4.48. The van der Waals surface area contributed by atoms with E-state index in [2.05, 4.69) is 51.7 Å². The van der Waals surface area contributed by atoms with E-state index in [0.717, 1.165) is 44.0 Å². The Balaban J connectivity index is 0.00000341. The molecule has 5 nitrogen and oxygen atoms in total. The number of ether oxygens (including phenoxy) is 1. The standard InChI is InChI=1S/C24H33FN4O.HI/c1-4-30-23-10-9-19(15-22(23)25)16-27-24(26-3)28-21-11-13-29(14-12-21)17-20-8-6-5-7-18(20)2;/h5-10,15,21H,4,11-14,16-17H2,1-3H3,(H2,26,27,28);1H. The van der Waals surface area contributed by atoms with Gasteiger partial charge in [-0.1, -0.05) is 30.3 Å². The molecule has 0 aliphatic carbocycles. The minimum Gasteiger partial charge on any atom is -0.491 e. The zero-order valence-electron chi connectivity index (χ0n) is 18.7. The first-order valence-corrected chi connectivity index (χ1v) is 10.7. The van der Waals surface area contributed by atoms with Crippen molar-refractivity contribution in [3.8, 4) is 5.75 Å². The molecule has 0 bridgehead atoms. The molecule has 1 heterocycles. The largest absolute Gasteiger partial charge is 0.491 e. The molecule has 1 aliphatic rings. The molecule has 0 spiro atoms. The highest BCUT2D eigenvalue weighted by molar-refractivity contribution is 14.0. The van der Waals surface area contributed by atoms with Crippen LogP contribution in [0.4, 0.5) is 4.39 Å². The third-order valence-electron chi connectivity index (χ3n) is 5.56. The molecule has 1 aliphatic heterocycles. The Kier molecular flexibility index (Phi) is 10.5. The van der Waals surface area contributed by atoms with Crippen molar-refractivity contribution < 1.29 is 9.13 Å². The summed E-state index contributed by atoms with van der Waals surface area (Å²) in [4.78, 5) is 6.84. The van der Waals surface area contributed by atoms with E-state index in [-0.39, 0.29) is 29.8 Å². The van der Waals surface area contributed by atoms with Crippen LogP contribution >= 0.6 is 24.0 Å². The number of aryl methyl sites for hydroxylation is 1. The van der Waals surface area contributed by atoms with E-state index in [1.165, 1.54) is 17.2 Å². The number of hydrogen-bond donors (Lipinski definition) is 2. The van der Waals surface area contributed by atoms with E-state index < -0.39 is 0 Å². The van der Waals surface area contributed by atoms with Gasteiger partial charge in [-0.15, -0.1) is 24.0 Å². The van der Waals surface area contributed by atoms with Crippen molar-refractivity contribution in [3.05, 3.63) is 65.0 Å². The summed E-state index contributed by atoms with van der Waals surface area (Å²) < 4.78 is 19.3. The average molecular weight is 540 g/mol. The highest BCUT2D eigenvalue weighted by atomic mass is 127. The van der Waals surface area contributed by atoms with Gasteiger partial charge < -0.3 is 15.4 Å². The minimum absolute atomic E-state index is 0. The first-order chi connectivity index (χ1) is 14.6. The average Bonchev–Trinajstić information content (AvgIpc) is 2.76. The number of piperidine rings is 1. The maximum atomic E-state index is 14.0. The van der Waals surface area contributed by atoms with E-state index in [4.69, 9.17) is 4.74 Å². The summed E-state index contributed by atoms with van der Waals surface area (Å²) in [7, 11) is 1.77. The molecule has 31 heavy (non-hydrogen) atoms. The monoisotopic (exact) mass is 540 g/mol. The lowest BCUT2D eigenvalue weighted by Crippen LogP contribution is -2.48. The number of hydrogen-bond acceptors (Lipinski definition) is 3. The normalized spacial score (nSPS) is 15.3. The maximum absolute atomic E-state index is 14.0. The van der Waals surface area contributed by atoms with E-state index >= 15 is 0 Å². The smallest absolute Gasteiger partial charge is 0.191 e. The van der Waals surface area contributed by atoms with Crippen LogP contribution in [0.3, 0.4) is 0 Å². The van der Waals surface area contributed by atoms with Gasteiger partial charge >= 0.3 is 0 Å². The molecule has 0 unspecified atom stereocenters. The Morgan fingerprint density at radius 1 is 1.19 bits per heavy atom. The summed E-state index contributed by atoms with van der Waals surface area (Å²) >= 11 is 0. The van der Waals surface area contributed by atoms with Crippen LogP contribution in [0.1, 0.15) is 36.5 Å². The van der Waals surface area contributed by atoms with Crippen LogP contribution in [0.25, 0.3) is 0 Å². The van der Waals surface area contributed by atoms with Crippen LogP contribution < -0.4 is 15.4 Å². The van der Waals surface area contributed by atoms with Crippen molar-refractivity contribution in [2.24, 2.45) is 4.99 Å². The molecule has 2 aromatic carbocycles. The molecule has 7 heteroatoms. The summed E-state index contributed by atoms with van der Waals surface area (Å²) in [6.07, 6.45) is 2.15. The fraction of sp³-hybridized carbons (Fsp3) is 0.458. The number of rotatable bonds is 7. The summed E-state index contributed by atoms with van der Waals surface area (Å²) in [5.74, 6) is 0.711. The second-order valence-corrected chi connectivity index (χ2v) is 7.74. The molecule has 0 radical (unpaired) electrons. The number of halogens is 2. The SMILES string of the molecule is CCOc1ccc(CNC(=NC)NC2CCN(Cc3ccccc3C)CC2)cc1F.I. The summed E-state index contributed by atoms with van der Waals surface area (Å²) in [6.45, 7) is 8.12. The Morgan fingerprint density at radius 3 is 2.58 bits per heavy atom. The van der Waals surface area contributed by atoms with Crippen LogP contribution in [0.2, 0.25) is 0 Å². The van der Waals surface area contributed by atoms with Crippen molar-refractivity contribution in [3.63, 3.8) is 0 Å². The molecule has 2 aromatic rings. The van der Waals surface area contributed by atoms with Gasteiger partial charge in [0.25, 0.3) is 0 Å². The third-order valence-corrected chi connectivity index (χ3v) is 5.56. The van der Waals surface area contributed by atoms with E-state index in [9.17, 15) is 4.39 Å². The Morgan fingerprint density at radius 2 is 1.94 bits per heavy atom. The fourth-order valence-corrected chi connectivity index (χ4v) is 3.76. The lowest BCUT2D eigenvalue weighted by atomic mass is 10.0. The van der Waals surface area contributed by atoms with Crippen molar-refractivity contribution in [1.82, 2.24) is 15.5 Å². The highest BCUT2D eigenvalue weighted by Crippen LogP contribution is 2.18. The van der Waals surface area contributed by atoms with Gasteiger partial charge in [-0.2, -0.15) is 0 Å². The van der Waals surface area contributed by atoms with Gasteiger partial charge in [0.15, 0.2) is 17.5 Å². The molecule has 1 saturated heterocycles. The summed E-state index contributed by atoms with van der Waals surface area (Å²) in [5, 5.41) is 6.80. The lowest BCUT2D eigenvalue weighted by Gasteiger charge is -2.33. The number of nitrogens with one attached hydrogen (secondary N) is 2. The van der Waals surface area contributed by atoms with Gasteiger partial charge in [0.2, 0.25) is 0 Å². The number of likely N-dealkylation sites (tertiary alicyclic amines) is 1. The van der Waals surface area contributed by atoms with Crippen LogP contribution in [0, 0.1) is 12.7 Å². The Bertz CT molecular complexity index is 853. The van der Waals surface area contributed by atoms with Crippen LogP contribution in [-0.4, -0.2) is 43.6 Å². The van der Waals surface area contributed by atoms with Gasteiger partial charge in [0, 0.05) is 39.3 Å². The quantitative estimate of drug-likeness (QED) is 0.309. The van der Waals surface area contributed by atoms with Crippen molar-refractivity contribution in [2.45, 2.75) is 45.8 Å². The van der Waals surface area contributed by atoms with Gasteiger partial charge in [0.05, 0.1) is 6.61 Å². The molecule has 0 saturated carbocycles. The molecular weight excluding hydrogens is 506 g/mol. The van der Waals surface area contributed by atoms with Crippen molar-refractivity contribution >= 4 is 29.9 Å². The second-order valence-electron chi connectivity index (χ2n) is 7.74. The molecular formula is C24H34FIN4O. The van der Waals surface area contributed by atoms with Gasteiger partial charge in [-0.3, -0.25) is 9.89 Å². The Hall–Kier alpha value is -1.87. The summed E-state index contributed by atoms with van der Waals surface area (Å²) in [6, 6.07) is 14.0. The topological polar surface area (TPSA) is 48.9 Å². The molecule has 0 amide bonds. The number of aliphatic imine (C=N–C) groups is 1. The maximum Gasteiger partial charge on any atom is 0.191 e. The van der Waals surface area contributed by atoms with Gasteiger partial charge in [-0.25, -0.2) is 4.39 Å². The molecule has 1 fully saturated rings. The van der Waals surface area contributed by atoms with E-state index in [1.807, 2.05) is 13.0 Å². The first kappa shape index (κ1) is 25.4. The molecule has 2 N–H and O–H groups in total. The predicted molar refractivity (Wildman–Crippen MR) is 136 cm³/mol. The molecule has 170 valence electrons. The van der Waals surface area contributed by atoms with E-state index in [0.29, 0.717) is 24.9 Å². The zero-order valence-corrected chi connectivity index (χ0v) is 21.0. The molecule has 0 atom stereocenters. The van der Waals surface area contributed by atoms with Crippen molar-refractivity contribution in [2.75, 3.05) is 26.7 Å². The second kappa shape index (κ2) is 12.9. The fourth-order valence-electron chi connectivity index (χ4n) is 3.76.